The lowest BCUT2D eigenvalue weighted by molar-refractivity contribution is -0.165. The van der Waals surface area contributed by atoms with E-state index in [1.807, 2.05) is 0 Å². The predicted octanol–water partition coefficient (Wildman–Crippen LogP) is 5.99. The zero-order valence-corrected chi connectivity index (χ0v) is 16.0. The summed E-state index contributed by atoms with van der Waals surface area (Å²) in [6.07, 6.45) is 11.3. The Morgan fingerprint density at radius 3 is 2.40 bits per heavy atom. The average Bonchev–Trinajstić information content (AvgIpc) is 2.97. The van der Waals surface area contributed by atoms with Gasteiger partial charge in [-0.15, -0.1) is 0 Å². The van der Waals surface area contributed by atoms with E-state index >= 15 is 0 Å². The summed E-state index contributed by atoms with van der Waals surface area (Å²) >= 11 is 2.59. The lowest BCUT2D eigenvalue weighted by Gasteiger charge is -2.50. The van der Waals surface area contributed by atoms with Gasteiger partial charge in [0.1, 0.15) is 0 Å². The van der Waals surface area contributed by atoms with E-state index in [0.717, 1.165) is 16.3 Å². The van der Waals surface area contributed by atoms with Crippen LogP contribution in [-0.2, 0) is 4.74 Å². The molecule has 2 aliphatic rings. The molecule has 1 nitrogen and oxygen atoms in total. The second kappa shape index (κ2) is 6.85. The summed E-state index contributed by atoms with van der Waals surface area (Å²) in [5, 5.41) is 0. The van der Waals surface area contributed by atoms with Crippen LogP contribution in [0, 0.1) is 17.3 Å². The van der Waals surface area contributed by atoms with Crippen molar-refractivity contribution >= 4 is 22.6 Å². The third-order valence-corrected chi connectivity index (χ3v) is 7.41. The van der Waals surface area contributed by atoms with Gasteiger partial charge in [-0.05, 0) is 49.9 Å². The maximum Gasteiger partial charge on any atom is 0.0856 e. The van der Waals surface area contributed by atoms with Crippen molar-refractivity contribution in [3.63, 3.8) is 0 Å². The summed E-state index contributed by atoms with van der Waals surface area (Å²) in [4.78, 5) is 0. The molecule has 2 heteroatoms. The first-order chi connectivity index (χ1) is 9.48. The van der Waals surface area contributed by atoms with Crippen LogP contribution in [0.2, 0.25) is 0 Å². The highest BCUT2D eigenvalue weighted by atomic mass is 127. The molecule has 0 N–H and O–H groups in total. The number of ether oxygens (including phenoxy) is 1. The molecule has 2 bridgehead atoms. The number of halogens is 1. The molecule has 0 saturated heterocycles. The summed E-state index contributed by atoms with van der Waals surface area (Å²) in [5.41, 5.74) is 0.523. The van der Waals surface area contributed by atoms with Crippen molar-refractivity contribution in [1.82, 2.24) is 0 Å². The van der Waals surface area contributed by atoms with Crippen LogP contribution < -0.4 is 0 Å². The molecule has 2 aliphatic carbocycles. The molecule has 2 rings (SSSR count). The van der Waals surface area contributed by atoms with Crippen molar-refractivity contribution in [1.29, 1.82) is 0 Å². The minimum absolute atomic E-state index is 0.153. The molecule has 0 spiro atoms. The standard InChI is InChI=1S/C18H33IO/c1-5-6-7-8-9-14(2)20-18(13-19)16-11-10-15(12-16)17(18,3)4/h14-16H,5-13H2,1-4H3. The van der Waals surface area contributed by atoms with Crippen LogP contribution in [0.5, 0.6) is 0 Å². The first-order valence-electron chi connectivity index (χ1n) is 8.71. The molecular formula is C18H33IO. The number of rotatable bonds is 8. The van der Waals surface area contributed by atoms with Gasteiger partial charge < -0.3 is 4.74 Å². The predicted molar refractivity (Wildman–Crippen MR) is 95.5 cm³/mol. The van der Waals surface area contributed by atoms with E-state index in [2.05, 4.69) is 50.3 Å². The van der Waals surface area contributed by atoms with E-state index in [4.69, 9.17) is 4.74 Å². The highest BCUT2D eigenvalue weighted by Gasteiger charge is 2.63. The first kappa shape index (κ1) is 17.1. The molecule has 4 atom stereocenters. The zero-order valence-electron chi connectivity index (χ0n) is 13.9. The topological polar surface area (TPSA) is 9.23 Å². The fourth-order valence-electron chi connectivity index (χ4n) is 4.77. The van der Waals surface area contributed by atoms with E-state index in [1.54, 1.807) is 0 Å². The SMILES string of the molecule is CCCCCCC(C)OC1(CI)C2CCC(C2)C1(C)C. The second-order valence-electron chi connectivity index (χ2n) is 7.73. The van der Waals surface area contributed by atoms with Gasteiger partial charge in [-0.2, -0.15) is 0 Å². The Morgan fingerprint density at radius 2 is 1.85 bits per heavy atom. The fourth-order valence-corrected chi connectivity index (χ4v) is 6.56. The molecule has 0 aromatic heterocycles. The van der Waals surface area contributed by atoms with Crippen LogP contribution in [0.1, 0.15) is 79.1 Å². The molecule has 2 saturated carbocycles. The Hall–Kier alpha value is 0.690. The van der Waals surface area contributed by atoms with Gasteiger partial charge in [0, 0.05) is 4.43 Å². The van der Waals surface area contributed by atoms with E-state index in [1.165, 1.54) is 51.4 Å². The van der Waals surface area contributed by atoms with Gasteiger partial charge in [-0.1, -0.05) is 69.0 Å². The Bertz CT molecular complexity index is 315. The van der Waals surface area contributed by atoms with E-state index in [0.29, 0.717) is 11.5 Å². The Kier molecular flexibility index (Phi) is 5.84. The molecule has 118 valence electrons. The average molecular weight is 392 g/mol. The van der Waals surface area contributed by atoms with Crippen LogP contribution in [-0.4, -0.2) is 16.1 Å². The third kappa shape index (κ3) is 2.93. The third-order valence-electron chi connectivity index (χ3n) is 6.28. The highest BCUT2D eigenvalue weighted by Crippen LogP contribution is 2.63. The van der Waals surface area contributed by atoms with Crippen LogP contribution >= 0.6 is 22.6 Å². The minimum atomic E-state index is 0.153. The van der Waals surface area contributed by atoms with Crippen molar-refractivity contribution in [3.05, 3.63) is 0 Å². The van der Waals surface area contributed by atoms with Crippen LogP contribution in [0.25, 0.3) is 0 Å². The molecule has 4 unspecified atom stereocenters. The zero-order chi connectivity index (χ0) is 14.8. The quantitative estimate of drug-likeness (QED) is 0.280. The Morgan fingerprint density at radius 1 is 1.15 bits per heavy atom. The van der Waals surface area contributed by atoms with Crippen molar-refractivity contribution in [2.75, 3.05) is 4.43 Å². The highest BCUT2D eigenvalue weighted by molar-refractivity contribution is 14.1. The van der Waals surface area contributed by atoms with Gasteiger partial charge in [0.05, 0.1) is 11.7 Å². The number of hydrogen-bond acceptors (Lipinski definition) is 1. The minimum Gasteiger partial charge on any atom is -0.370 e. The largest absolute Gasteiger partial charge is 0.370 e. The molecule has 2 fully saturated rings. The number of fused-ring (bicyclic) bond motifs is 2. The smallest absolute Gasteiger partial charge is 0.0856 e. The second-order valence-corrected chi connectivity index (χ2v) is 8.49. The lowest BCUT2D eigenvalue weighted by Crippen LogP contribution is -2.54. The number of alkyl halides is 1. The molecular weight excluding hydrogens is 359 g/mol. The Balaban J connectivity index is 1.94. The van der Waals surface area contributed by atoms with Crippen molar-refractivity contribution < 1.29 is 4.74 Å². The van der Waals surface area contributed by atoms with Crippen LogP contribution in [0.3, 0.4) is 0 Å². The monoisotopic (exact) mass is 392 g/mol. The molecule has 0 aliphatic heterocycles. The number of unbranched alkanes of at least 4 members (excludes halogenated alkanes) is 3. The summed E-state index contributed by atoms with van der Waals surface area (Å²) in [6.45, 7) is 9.53. The first-order valence-corrected chi connectivity index (χ1v) is 10.2. The molecule has 0 amide bonds. The maximum atomic E-state index is 6.77. The fraction of sp³-hybridized carbons (Fsp3) is 1.00. The van der Waals surface area contributed by atoms with Crippen molar-refractivity contribution in [2.45, 2.75) is 90.8 Å². The van der Waals surface area contributed by atoms with Crippen LogP contribution in [0.15, 0.2) is 0 Å². The summed E-state index contributed by atoms with van der Waals surface area (Å²) in [5.74, 6) is 1.71. The lowest BCUT2D eigenvalue weighted by atomic mass is 9.66. The summed E-state index contributed by atoms with van der Waals surface area (Å²) in [6, 6.07) is 0. The van der Waals surface area contributed by atoms with Crippen molar-refractivity contribution in [2.24, 2.45) is 17.3 Å². The van der Waals surface area contributed by atoms with E-state index < -0.39 is 0 Å². The normalized spacial score (nSPS) is 36.5. The van der Waals surface area contributed by atoms with Gasteiger partial charge in [-0.3, -0.25) is 0 Å². The maximum absolute atomic E-state index is 6.77. The molecule has 0 radical (unpaired) electrons. The molecule has 0 aromatic rings. The van der Waals surface area contributed by atoms with Crippen molar-refractivity contribution in [3.8, 4) is 0 Å². The van der Waals surface area contributed by atoms with Gasteiger partial charge in [-0.25, -0.2) is 0 Å². The summed E-state index contributed by atoms with van der Waals surface area (Å²) < 4.78 is 7.93. The van der Waals surface area contributed by atoms with E-state index in [-0.39, 0.29) is 5.60 Å². The Labute approximate surface area is 139 Å². The van der Waals surface area contributed by atoms with Crippen LogP contribution in [0.4, 0.5) is 0 Å². The molecule has 20 heavy (non-hydrogen) atoms. The van der Waals surface area contributed by atoms with Gasteiger partial charge in [0.25, 0.3) is 0 Å². The van der Waals surface area contributed by atoms with Gasteiger partial charge >= 0.3 is 0 Å². The van der Waals surface area contributed by atoms with Gasteiger partial charge in [0.15, 0.2) is 0 Å². The number of hydrogen-bond donors (Lipinski definition) is 0. The molecule has 0 aromatic carbocycles. The van der Waals surface area contributed by atoms with E-state index in [9.17, 15) is 0 Å². The molecule has 0 heterocycles. The van der Waals surface area contributed by atoms with Gasteiger partial charge in [0.2, 0.25) is 0 Å². The summed E-state index contributed by atoms with van der Waals surface area (Å²) in [7, 11) is 0.